The second-order valence-corrected chi connectivity index (χ2v) is 5.23. The molecule has 3 atom stereocenters. The van der Waals surface area contributed by atoms with Gasteiger partial charge in [0, 0.05) is 19.4 Å². The minimum atomic E-state index is -5.28. The normalized spacial score (nSPS) is 27.6. The summed E-state index contributed by atoms with van der Waals surface area (Å²) in [6.45, 7) is 1.25. The number of ether oxygens (including phenoxy) is 1. The molecular weight excluding hydrogens is 331 g/mol. The van der Waals surface area contributed by atoms with E-state index in [-0.39, 0.29) is 17.1 Å². The lowest BCUT2D eigenvalue weighted by Gasteiger charge is -2.49. The van der Waals surface area contributed by atoms with Crippen LogP contribution in [0, 0.1) is 5.92 Å². The summed E-state index contributed by atoms with van der Waals surface area (Å²) >= 11 is 0. The van der Waals surface area contributed by atoms with Crippen LogP contribution in [0.3, 0.4) is 0 Å². The highest BCUT2D eigenvalue weighted by atomic mass is 19.4. The Morgan fingerprint density at radius 3 is 2.71 bits per heavy atom. The van der Waals surface area contributed by atoms with E-state index in [1.54, 1.807) is 0 Å². The number of hydrogen-bond donors (Lipinski definition) is 2. The third-order valence-corrected chi connectivity index (χ3v) is 3.86. The van der Waals surface area contributed by atoms with Gasteiger partial charge in [-0.1, -0.05) is 6.07 Å². The molecule has 0 spiro atoms. The zero-order valence-electron chi connectivity index (χ0n) is 12.9. The van der Waals surface area contributed by atoms with Crippen molar-refractivity contribution in [3.63, 3.8) is 0 Å². The van der Waals surface area contributed by atoms with Crippen molar-refractivity contribution in [2.45, 2.75) is 24.9 Å². The number of aliphatic hydroxyl groups is 1. The van der Waals surface area contributed by atoms with Gasteiger partial charge >= 0.3 is 18.2 Å². The minimum absolute atomic E-state index is 0.0570. The molecule has 1 fully saturated rings. The van der Waals surface area contributed by atoms with Gasteiger partial charge < -0.3 is 15.2 Å². The smallest absolute Gasteiger partial charge is 0.437 e. The molecule has 0 saturated carbocycles. The van der Waals surface area contributed by atoms with Crippen molar-refractivity contribution in [3.05, 3.63) is 30.1 Å². The first-order chi connectivity index (χ1) is 11.1. The monoisotopic (exact) mass is 347 g/mol. The van der Waals surface area contributed by atoms with Gasteiger partial charge in [-0.2, -0.15) is 13.2 Å². The van der Waals surface area contributed by atoms with Gasteiger partial charge in [-0.05, 0) is 18.6 Å². The number of halogens is 3. The second-order valence-electron chi connectivity index (χ2n) is 5.23. The van der Waals surface area contributed by atoms with Crippen LogP contribution in [0.15, 0.2) is 24.5 Å². The Hall–Kier alpha value is -2.36. The number of nitrogens with zero attached hydrogens (tertiary/aromatic N) is 2. The number of pyridine rings is 1. The highest BCUT2D eigenvalue weighted by molar-refractivity contribution is 5.83. The van der Waals surface area contributed by atoms with E-state index in [9.17, 15) is 27.9 Å². The SMILES string of the molecule is CCOC(=O)C1C(c2cccnc2)NC(=O)N(C)C1(O)C(F)(F)F. The van der Waals surface area contributed by atoms with Crippen molar-refractivity contribution < 1.29 is 32.6 Å². The van der Waals surface area contributed by atoms with Crippen LogP contribution < -0.4 is 5.32 Å². The molecule has 0 bridgehead atoms. The van der Waals surface area contributed by atoms with Gasteiger partial charge in [0.05, 0.1) is 12.6 Å². The highest BCUT2D eigenvalue weighted by Gasteiger charge is 2.69. The van der Waals surface area contributed by atoms with E-state index in [0.29, 0.717) is 0 Å². The van der Waals surface area contributed by atoms with Crippen LogP contribution in [-0.4, -0.2) is 52.5 Å². The van der Waals surface area contributed by atoms with Gasteiger partial charge in [0.25, 0.3) is 5.72 Å². The summed E-state index contributed by atoms with van der Waals surface area (Å²) in [5, 5.41) is 12.6. The Labute approximate surface area is 135 Å². The first-order valence-electron chi connectivity index (χ1n) is 7.04. The molecular formula is C14H16F3N3O4. The van der Waals surface area contributed by atoms with Crippen LogP contribution in [0.2, 0.25) is 0 Å². The maximum atomic E-state index is 13.6. The molecule has 2 N–H and O–H groups in total. The number of hydrogen-bond acceptors (Lipinski definition) is 5. The van der Waals surface area contributed by atoms with Crippen LogP contribution >= 0.6 is 0 Å². The lowest BCUT2D eigenvalue weighted by molar-refractivity contribution is -0.328. The van der Waals surface area contributed by atoms with Gasteiger partial charge in [-0.15, -0.1) is 0 Å². The zero-order valence-corrected chi connectivity index (χ0v) is 12.9. The maximum Gasteiger partial charge on any atom is 0.437 e. The van der Waals surface area contributed by atoms with Gasteiger partial charge in [0.2, 0.25) is 0 Å². The summed E-state index contributed by atoms with van der Waals surface area (Å²) in [5.74, 6) is -3.40. The van der Waals surface area contributed by atoms with Gasteiger partial charge in [-0.3, -0.25) is 14.7 Å². The highest BCUT2D eigenvalue weighted by Crippen LogP contribution is 2.46. The average Bonchev–Trinajstić information content (AvgIpc) is 2.52. The fourth-order valence-electron chi connectivity index (χ4n) is 2.64. The minimum Gasteiger partial charge on any atom is -0.466 e. The third kappa shape index (κ3) is 2.77. The summed E-state index contributed by atoms with van der Waals surface area (Å²) < 4.78 is 45.5. The molecule has 10 heteroatoms. The molecule has 2 amide bonds. The molecule has 1 aromatic rings. The van der Waals surface area contributed by atoms with Crippen molar-refractivity contribution in [3.8, 4) is 0 Å². The Balaban J connectivity index is 2.61. The van der Waals surface area contributed by atoms with Crippen molar-refractivity contribution in [1.82, 2.24) is 15.2 Å². The molecule has 1 aliphatic rings. The quantitative estimate of drug-likeness (QED) is 0.802. The Morgan fingerprint density at radius 2 is 2.21 bits per heavy atom. The Kier molecular flexibility index (Phi) is 4.70. The molecule has 0 radical (unpaired) electrons. The first-order valence-corrected chi connectivity index (χ1v) is 7.04. The fourth-order valence-corrected chi connectivity index (χ4v) is 2.64. The lowest BCUT2D eigenvalue weighted by atomic mass is 9.81. The number of nitrogens with one attached hydrogen (secondary N) is 1. The number of esters is 1. The third-order valence-electron chi connectivity index (χ3n) is 3.86. The number of amides is 2. The van der Waals surface area contributed by atoms with E-state index in [0.717, 1.165) is 7.05 Å². The molecule has 24 heavy (non-hydrogen) atoms. The standard InChI is InChI=1S/C14H16F3N3O4/c1-3-24-11(21)9-10(8-5-4-6-18-7-8)19-12(22)20(2)13(9,23)14(15,16)17/h4-7,9-10,23H,3H2,1-2H3,(H,19,22). The molecule has 132 valence electrons. The van der Waals surface area contributed by atoms with Crippen molar-refractivity contribution >= 4 is 12.0 Å². The average molecular weight is 347 g/mol. The van der Waals surface area contributed by atoms with Crippen LogP contribution in [0.1, 0.15) is 18.5 Å². The molecule has 1 aliphatic heterocycles. The molecule has 7 nitrogen and oxygen atoms in total. The van der Waals surface area contributed by atoms with Crippen molar-refractivity contribution in [2.75, 3.05) is 13.7 Å². The van der Waals surface area contributed by atoms with E-state index in [1.807, 2.05) is 0 Å². The predicted octanol–water partition coefficient (Wildman–Crippen LogP) is 1.21. The molecule has 0 aromatic carbocycles. The van der Waals surface area contributed by atoms with E-state index in [4.69, 9.17) is 4.74 Å². The summed E-state index contributed by atoms with van der Waals surface area (Å²) in [7, 11) is 0.758. The van der Waals surface area contributed by atoms with Gasteiger partial charge in [-0.25, -0.2) is 4.79 Å². The number of aromatic nitrogens is 1. The van der Waals surface area contributed by atoms with E-state index < -0.39 is 35.9 Å². The Bertz CT molecular complexity index is 625. The molecule has 3 unspecified atom stereocenters. The largest absolute Gasteiger partial charge is 0.466 e. The lowest BCUT2D eigenvalue weighted by Crippen LogP contribution is -2.73. The summed E-state index contributed by atoms with van der Waals surface area (Å²) in [6, 6.07) is 0.207. The second kappa shape index (κ2) is 6.27. The zero-order chi connectivity index (χ0) is 18.1. The fraction of sp³-hybridized carbons (Fsp3) is 0.500. The van der Waals surface area contributed by atoms with Crippen LogP contribution in [0.4, 0.5) is 18.0 Å². The summed E-state index contributed by atoms with van der Waals surface area (Å²) in [6.07, 6.45) is -2.69. The van der Waals surface area contributed by atoms with Gasteiger partial charge in [0.15, 0.2) is 0 Å². The van der Waals surface area contributed by atoms with E-state index in [1.165, 1.54) is 31.5 Å². The van der Waals surface area contributed by atoms with E-state index >= 15 is 0 Å². The number of carbonyl (C=O) groups excluding carboxylic acids is 2. The number of alkyl halides is 3. The maximum absolute atomic E-state index is 13.6. The molecule has 2 rings (SSSR count). The molecule has 1 saturated heterocycles. The Morgan fingerprint density at radius 1 is 1.54 bits per heavy atom. The van der Waals surface area contributed by atoms with Crippen LogP contribution in [0.5, 0.6) is 0 Å². The molecule has 2 heterocycles. The summed E-state index contributed by atoms with van der Waals surface area (Å²) in [4.78, 5) is 28.0. The predicted molar refractivity (Wildman–Crippen MR) is 74.4 cm³/mol. The first kappa shape index (κ1) is 18.0. The van der Waals surface area contributed by atoms with Crippen molar-refractivity contribution in [1.29, 1.82) is 0 Å². The molecule has 0 aliphatic carbocycles. The summed E-state index contributed by atoms with van der Waals surface area (Å²) in [5.41, 5.74) is -3.58. The van der Waals surface area contributed by atoms with Crippen LogP contribution in [0.25, 0.3) is 0 Å². The topological polar surface area (TPSA) is 91.8 Å². The number of urea groups is 1. The number of rotatable bonds is 3. The van der Waals surface area contributed by atoms with Crippen LogP contribution in [-0.2, 0) is 9.53 Å². The number of carbonyl (C=O) groups is 2. The van der Waals surface area contributed by atoms with Gasteiger partial charge in [0.1, 0.15) is 5.92 Å². The van der Waals surface area contributed by atoms with E-state index in [2.05, 4.69) is 10.3 Å². The molecule has 1 aromatic heterocycles. The van der Waals surface area contributed by atoms with Crippen molar-refractivity contribution in [2.24, 2.45) is 5.92 Å².